The van der Waals surface area contributed by atoms with Gasteiger partial charge in [0, 0.05) is 29.4 Å². The maximum atomic E-state index is 17.4. The predicted octanol–water partition coefficient (Wildman–Crippen LogP) is 23.2. The lowest BCUT2D eigenvalue weighted by molar-refractivity contribution is -0.327. The molecule has 0 saturated carbocycles. The molecule has 0 N–H and O–H groups in total. The molecule has 0 spiro atoms. The second-order valence-corrected chi connectivity index (χ2v) is 41.1. The highest BCUT2D eigenvalue weighted by Crippen LogP contribution is 2.74. The fraction of sp³-hybridized carbons (Fsp3) is 0.167. The Labute approximate surface area is 711 Å². The molecule has 0 radical (unpaired) electrons. The van der Waals surface area contributed by atoms with Gasteiger partial charge in [0.1, 0.15) is 42.6 Å². The van der Waals surface area contributed by atoms with Gasteiger partial charge in [-0.1, -0.05) is 36.4 Å². The number of benzene rings is 10. The molecule has 0 saturated heterocycles. The van der Waals surface area contributed by atoms with E-state index in [9.17, 15) is 156 Å². The topological polar surface area (TPSA) is 260 Å². The molecule has 10 aromatic carbocycles. The van der Waals surface area contributed by atoms with Crippen molar-refractivity contribution in [3.05, 3.63) is 275 Å². The van der Waals surface area contributed by atoms with Gasteiger partial charge in [-0.05, 0) is 215 Å². The van der Waals surface area contributed by atoms with Crippen molar-refractivity contribution in [1.29, 1.82) is 0 Å². The molecule has 0 aromatic heterocycles. The van der Waals surface area contributed by atoms with Crippen molar-refractivity contribution in [2.75, 3.05) is 0 Å². The third-order valence-corrected chi connectivity index (χ3v) is 32.5. The normalized spacial score (nSPS) is 14.4. The first kappa shape index (κ1) is 102. The SMILES string of the molecule is O=S(=O)(Oc1ccc(S(OS(=O)(=O)C(F)(F)C(F)(F)C(F)(F)C(F)(F)S(=O)(=O)OS(c2ccccc2)(c2ccc(OS(=O)(=O)c3cc(C(F)(F)F)cc(C(F)(F)F)c3)cc2)c2ccc(OS(=O)(=O)c3cc(C(F)(F)F)cc(C(F)(F)F)c3)cc2)(c2ccccc2)c2ccc(OS(=O)(=O)c3cc(C(F)(F)F)cc(C(F)(F)F)c3)cc2)cc1)c1cc(C(F)(F)F)cc(C(F)(F)F)c1. The molecular weight excluding hydrogens is 2020 g/mol. The van der Waals surface area contributed by atoms with Crippen molar-refractivity contribution >= 4 is 81.3 Å². The summed E-state index contributed by atoms with van der Waals surface area (Å²) in [5.74, 6) is -23.0. The Bertz CT molecular complexity index is 5850. The van der Waals surface area contributed by atoms with Gasteiger partial charge in [-0.25, -0.2) is 7.26 Å². The van der Waals surface area contributed by atoms with Crippen LogP contribution in [0.1, 0.15) is 44.5 Å². The summed E-state index contributed by atoms with van der Waals surface area (Å²) in [5, 5.41) is -16.6. The Hall–Kier alpha value is -10.5. The molecule has 0 aliphatic rings. The third kappa shape index (κ3) is 20.6. The van der Waals surface area contributed by atoms with E-state index in [0.29, 0.717) is 48.5 Å². The maximum absolute atomic E-state index is 17.4. The summed E-state index contributed by atoms with van der Waals surface area (Å²) in [6.07, 6.45) is -46.3. The van der Waals surface area contributed by atoms with Crippen LogP contribution in [0.2, 0.25) is 0 Å². The van der Waals surface area contributed by atoms with Gasteiger partial charge >= 0.3 is 132 Å². The molecule has 58 heteroatoms. The fourth-order valence-electron chi connectivity index (χ4n) is 11.0. The summed E-state index contributed by atoms with van der Waals surface area (Å²) in [4.78, 5) is -15.8. The number of hydrogen-bond acceptors (Lipinski definition) is 18. The summed E-state index contributed by atoms with van der Waals surface area (Å²) in [6, 6.07) is 2.71. The van der Waals surface area contributed by atoms with Crippen LogP contribution in [0.4, 0.5) is 140 Å². The molecule has 0 fully saturated rings. The smallest absolute Gasteiger partial charge is 0.379 e. The zero-order valence-corrected chi connectivity index (χ0v) is 68.2. The molecule has 10 rings (SSSR count). The highest BCUT2D eigenvalue weighted by Gasteiger charge is 2.89. The van der Waals surface area contributed by atoms with E-state index in [-0.39, 0.29) is 97.1 Å². The Morgan fingerprint density at radius 3 is 0.469 bits per heavy atom. The molecule has 0 unspecified atom stereocenters. The minimum absolute atomic E-state index is 0.121. The van der Waals surface area contributed by atoms with Gasteiger partial charge in [-0.2, -0.15) is 191 Å². The third-order valence-electron chi connectivity index (χ3n) is 17.1. The van der Waals surface area contributed by atoms with Crippen molar-refractivity contribution in [2.45, 2.75) is 121 Å². The zero-order valence-electron chi connectivity index (χ0n) is 61.6. The first-order valence-electron chi connectivity index (χ1n) is 33.4. The van der Waals surface area contributed by atoms with Crippen molar-refractivity contribution < 1.29 is 215 Å². The molecule has 10 aromatic rings. The Morgan fingerprint density at radius 2 is 0.323 bits per heavy atom. The van der Waals surface area contributed by atoms with E-state index in [1.54, 1.807) is 0 Å². The lowest BCUT2D eigenvalue weighted by atomic mass is 10.1. The van der Waals surface area contributed by atoms with Gasteiger partial charge < -0.3 is 16.7 Å². The van der Waals surface area contributed by atoms with E-state index < -0.39 is 342 Å². The first-order chi connectivity index (χ1) is 58.9. The molecular formula is C72H38F32O18S8. The van der Waals surface area contributed by atoms with Crippen molar-refractivity contribution in [3.63, 3.8) is 0 Å². The van der Waals surface area contributed by atoms with Crippen LogP contribution in [0.15, 0.2) is 279 Å². The molecule has 0 bridgehead atoms. The van der Waals surface area contributed by atoms with Crippen LogP contribution >= 0.6 is 20.6 Å². The summed E-state index contributed by atoms with van der Waals surface area (Å²) in [5.41, 5.74) is -18.6. The van der Waals surface area contributed by atoms with Gasteiger partial charge in [0.25, 0.3) is 0 Å². The molecule has 0 heterocycles. The van der Waals surface area contributed by atoms with Gasteiger partial charge in [-0.15, -0.1) is 0 Å². The minimum Gasteiger partial charge on any atom is -0.379 e. The molecule has 0 amide bonds. The summed E-state index contributed by atoms with van der Waals surface area (Å²) in [7, 11) is -53.2. The van der Waals surface area contributed by atoms with E-state index in [2.05, 4.69) is 16.7 Å². The van der Waals surface area contributed by atoms with Crippen LogP contribution in [0, 0.1) is 0 Å². The number of alkyl halides is 32. The second kappa shape index (κ2) is 33.9. The van der Waals surface area contributed by atoms with Crippen LogP contribution in [-0.2, 0) is 117 Å². The van der Waals surface area contributed by atoms with E-state index in [1.165, 1.54) is 0 Å². The lowest BCUT2D eigenvalue weighted by Gasteiger charge is -2.43. The van der Waals surface area contributed by atoms with Crippen LogP contribution in [0.5, 0.6) is 23.0 Å². The molecule has 0 aliphatic carbocycles. The van der Waals surface area contributed by atoms with Gasteiger partial charge in [0.15, 0.2) is 0 Å². The number of halogens is 32. The molecule has 0 aliphatic heterocycles. The predicted molar refractivity (Wildman–Crippen MR) is 380 cm³/mol. The van der Waals surface area contributed by atoms with Gasteiger partial charge in [-0.3, -0.25) is 0 Å². The van der Waals surface area contributed by atoms with E-state index >= 15 is 35.1 Å². The highest BCUT2D eigenvalue weighted by molar-refractivity contribution is 8.33. The number of rotatable bonds is 27. The quantitative estimate of drug-likeness (QED) is 0.0342. The standard InChI is InChI=1S/C72H38F32O18S8/c73-61(74,75)39-27-40(62(76,77)78)32-57(31-39)125(105,106)117-47-11-19-53(20-12-47)123(51-7-3-1-4-8-51,54-21-13-48(14-22-54)118-126(107,108)58-33-41(63(79,80)81)28-42(34-58)64(82,83)84)121-129(113,114)71(101,102)69(97,98)70(99,100)72(103,104)130(115,116)122-124(52-9-5-2-6-10-52,55-23-15-49(16-24-55)119-127(109,110)59-35-43(65(85,86)87)29-44(36-59)66(88,89)90)56-25-17-50(18-26-56)120-128(111,112)60-37-45(67(91,92)93)30-46(38-60)68(94,95)96/h1-38H. The maximum Gasteiger partial charge on any atom is 0.439 e. The van der Waals surface area contributed by atoms with E-state index in [1.807, 2.05) is 0 Å². The van der Waals surface area contributed by atoms with Crippen molar-refractivity contribution in [2.24, 2.45) is 0 Å². The van der Waals surface area contributed by atoms with E-state index in [4.69, 9.17) is 7.26 Å². The largest absolute Gasteiger partial charge is 0.439 e. The van der Waals surface area contributed by atoms with Crippen LogP contribution < -0.4 is 16.7 Å². The van der Waals surface area contributed by atoms with Crippen LogP contribution in [-0.4, -0.2) is 72.9 Å². The Morgan fingerprint density at radius 1 is 0.177 bits per heavy atom. The summed E-state index contributed by atoms with van der Waals surface area (Å²) in [6.45, 7) is 0. The molecule has 18 nitrogen and oxygen atoms in total. The highest BCUT2D eigenvalue weighted by atomic mass is 32.3. The van der Waals surface area contributed by atoms with Gasteiger partial charge in [0.05, 0.1) is 44.5 Å². The van der Waals surface area contributed by atoms with Gasteiger partial charge in [0.2, 0.25) is 0 Å². The Kier molecular flexibility index (Phi) is 26.5. The average Bonchev–Trinajstić information content (AvgIpc) is 0.695. The Balaban J connectivity index is 1.12. The lowest BCUT2D eigenvalue weighted by Crippen LogP contribution is -2.66. The van der Waals surface area contributed by atoms with Crippen molar-refractivity contribution in [1.82, 2.24) is 0 Å². The monoisotopic (exact) mass is 2050 g/mol. The van der Waals surface area contributed by atoms with Crippen molar-refractivity contribution in [3.8, 4) is 23.0 Å². The van der Waals surface area contributed by atoms with Crippen LogP contribution in [0.3, 0.4) is 0 Å². The summed E-state index contributed by atoms with van der Waals surface area (Å²) >= 11 is 0. The van der Waals surface area contributed by atoms with Crippen LogP contribution in [0.25, 0.3) is 0 Å². The average molecular weight is 2060 g/mol. The summed E-state index contributed by atoms with van der Waals surface area (Å²) < 4.78 is 667. The van der Waals surface area contributed by atoms with E-state index in [0.717, 1.165) is 12.1 Å². The number of hydrogen-bond donors (Lipinski definition) is 0. The fourth-order valence-corrected chi connectivity index (χ4v) is 25.4. The molecule has 706 valence electrons. The zero-order chi connectivity index (χ0) is 97.8. The molecule has 130 heavy (non-hydrogen) atoms. The molecule has 0 atom stereocenters. The second-order valence-electron chi connectivity index (χ2n) is 26.0. The minimum atomic E-state index is -8.72. The first-order valence-corrected chi connectivity index (χ1v) is 45.0.